The number of anilines is 2. The number of carboxylic acid groups (broad SMARTS) is 1. The van der Waals surface area contributed by atoms with Gasteiger partial charge >= 0.3 is 12.1 Å². The van der Waals surface area contributed by atoms with Crippen molar-refractivity contribution in [3.8, 4) is 5.69 Å². The first-order valence-corrected chi connectivity index (χ1v) is 14.1. The number of carbonyl (C=O) groups is 1. The summed E-state index contributed by atoms with van der Waals surface area (Å²) < 4.78 is 36.8. The first-order valence-electron chi connectivity index (χ1n) is 13.3. The zero-order valence-corrected chi connectivity index (χ0v) is 24.5. The number of nitrogens with one attached hydrogen (secondary N) is 1. The number of aromatic nitrogens is 7. The van der Waals surface area contributed by atoms with Gasteiger partial charge in [0.1, 0.15) is 11.6 Å². The van der Waals surface area contributed by atoms with E-state index in [-0.39, 0.29) is 0 Å². The lowest BCUT2D eigenvalue weighted by Gasteiger charge is -2.23. The number of alkyl halides is 3. The van der Waals surface area contributed by atoms with E-state index in [2.05, 4.69) is 59.0 Å². The number of hydrogen-bond acceptors (Lipinski definition) is 8. The van der Waals surface area contributed by atoms with Gasteiger partial charge in [-0.1, -0.05) is 29.5 Å². The maximum atomic E-state index is 10.6. The van der Waals surface area contributed by atoms with Crippen molar-refractivity contribution in [1.82, 2.24) is 34.5 Å². The van der Waals surface area contributed by atoms with Gasteiger partial charge in [-0.05, 0) is 47.1 Å². The topological polar surface area (TPSA) is 127 Å². The molecule has 224 valence electrons. The molecule has 0 saturated carbocycles. The molecule has 3 aromatic heterocycles. The lowest BCUT2D eigenvalue weighted by Crippen LogP contribution is -2.28. The lowest BCUT2D eigenvalue weighted by molar-refractivity contribution is -0.192. The van der Waals surface area contributed by atoms with Gasteiger partial charge in [0.05, 0.1) is 23.1 Å². The van der Waals surface area contributed by atoms with Gasteiger partial charge in [-0.25, -0.2) is 19.4 Å². The fraction of sp³-hybridized carbons (Fsp3) is 0.286. The Morgan fingerprint density at radius 2 is 1.84 bits per heavy atom. The SMILES string of the molecule is Cc1cnc2n1CCN(c1nc(NCCc3cn(-c4ccccc4)nn3)nc3c(Br)cccc13)CC2.O=C(O)C(F)(F)F. The third-order valence-corrected chi connectivity index (χ3v) is 7.40. The Bertz CT molecular complexity index is 1720. The van der Waals surface area contributed by atoms with E-state index in [1.54, 1.807) is 4.68 Å². The minimum Gasteiger partial charge on any atom is -0.475 e. The molecule has 15 heteroatoms. The molecular formula is C28H27BrF3N9O2. The summed E-state index contributed by atoms with van der Waals surface area (Å²) in [6.07, 6.45) is 0.433. The number of nitrogens with zero attached hydrogens (tertiary/aromatic N) is 8. The van der Waals surface area contributed by atoms with E-state index >= 15 is 0 Å². The number of carboxylic acids is 1. The predicted molar refractivity (Wildman–Crippen MR) is 157 cm³/mol. The number of aliphatic carboxylic acids is 1. The van der Waals surface area contributed by atoms with Gasteiger partial charge in [0.15, 0.2) is 0 Å². The maximum Gasteiger partial charge on any atom is 0.490 e. The average Bonchev–Trinajstić information content (AvgIpc) is 3.53. The molecule has 0 fully saturated rings. The van der Waals surface area contributed by atoms with Crippen molar-refractivity contribution in [2.75, 3.05) is 29.9 Å². The van der Waals surface area contributed by atoms with Crippen LogP contribution in [0.5, 0.6) is 0 Å². The number of para-hydroxylation sites is 2. The summed E-state index contributed by atoms with van der Waals surface area (Å²) in [6, 6.07) is 16.1. The Hall–Kier alpha value is -4.53. The molecule has 2 aromatic carbocycles. The van der Waals surface area contributed by atoms with E-state index < -0.39 is 12.1 Å². The second kappa shape index (κ2) is 12.8. The molecule has 0 amide bonds. The number of aryl methyl sites for hydroxylation is 1. The second-order valence-corrected chi connectivity index (χ2v) is 10.5. The van der Waals surface area contributed by atoms with E-state index in [0.717, 1.165) is 64.5 Å². The van der Waals surface area contributed by atoms with Gasteiger partial charge in [-0.15, -0.1) is 5.10 Å². The van der Waals surface area contributed by atoms with Gasteiger partial charge in [-0.3, -0.25) is 0 Å². The van der Waals surface area contributed by atoms with Crippen molar-refractivity contribution < 1.29 is 23.1 Å². The molecule has 5 aromatic rings. The van der Waals surface area contributed by atoms with Crippen LogP contribution in [0, 0.1) is 6.92 Å². The van der Waals surface area contributed by atoms with Crippen LogP contribution >= 0.6 is 15.9 Å². The van der Waals surface area contributed by atoms with E-state index in [1.807, 2.05) is 54.9 Å². The summed E-state index contributed by atoms with van der Waals surface area (Å²) in [4.78, 5) is 25.6. The van der Waals surface area contributed by atoms with Crippen molar-refractivity contribution in [2.45, 2.75) is 32.5 Å². The highest BCUT2D eigenvalue weighted by atomic mass is 79.9. The zero-order valence-electron chi connectivity index (χ0n) is 23.0. The van der Waals surface area contributed by atoms with Crippen LogP contribution in [0.15, 0.2) is 65.4 Å². The van der Waals surface area contributed by atoms with Crippen LogP contribution < -0.4 is 10.2 Å². The third-order valence-electron chi connectivity index (χ3n) is 6.76. The smallest absolute Gasteiger partial charge is 0.475 e. The second-order valence-electron chi connectivity index (χ2n) is 9.68. The van der Waals surface area contributed by atoms with Gasteiger partial charge in [-0.2, -0.15) is 18.2 Å². The van der Waals surface area contributed by atoms with Crippen molar-refractivity contribution >= 4 is 44.6 Å². The maximum absolute atomic E-state index is 10.6. The van der Waals surface area contributed by atoms with E-state index in [0.29, 0.717) is 18.9 Å². The van der Waals surface area contributed by atoms with Crippen LogP contribution in [0.25, 0.3) is 16.6 Å². The molecule has 4 heterocycles. The summed E-state index contributed by atoms with van der Waals surface area (Å²) in [5, 5.41) is 20.2. The quantitative estimate of drug-likeness (QED) is 0.264. The largest absolute Gasteiger partial charge is 0.490 e. The fourth-order valence-electron chi connectivity index (χ4n) is 4.64. The summed E-state index contributed by atoms with van der Waals surface area (Å²) in [7, 11) is 0. The zero-order chi connectivity index (χ0) is 30.6. The monoisotopic (exact) mass is 657 g/mol. The average molecular weight is 658 g/mol. The van der Waals surface area contributed by atoms with Crippen LogP contribution in [0.4, 0.5) is 24.9 Å². The summed E-state index contributed by atoms with van der Waals surface area (Å²) >= 11 is 3.69. The Morgan fingerprint density at radius 3 is 2.58 bits per heavy atom. The molecule has 43 heavy (non-hydrogen) atoms. The molecule has 2 N–H and O–H groups in total. The first-order chi connectivity index (χ1) is 20.6. The molecule has 1 aliphatic heterocycles. The highest BCUT2D eigenvalue weighted by molar-refractivity contribution is 9.10. The Labute approximate surface area is 252 Å². The molecule has 6 rings (SSSR count). The Balaban J connectivity index is 0.000000472. The number of rotatable bonds is 6. The van der Waals surface area contributed by atoms with Crippen LogP contribution in [0.2, 0.25) is 0 Å². The highest BCUT2D eigenvalue weighted by Gasteiger charge is 2.38. The standard InChI is InChI=1S/C26H26BrN9.C2HF3O2/c1-18-16-29-23-11-13-34(14-15-35(18)23)25-21-8-5-9-22(27)24(21)30-26(31-25)28-12-10-19-17-36(33-32-19)20-6-3-2-4-7-20;3-2(4,5)1(6)7/h2-9,16-17H,10-15H2,1H3,(H,28,30,31);(H,6,7). The van der Waals surface area contributed by atoms with Crippen molar-refractivity contribution in [3.63, 3.8) is 0 Å². The van der Waals surface area contributed by atoms with E-state index in [1.165, 1.54) is 5.69 Å². The Kier molecular flexibility index (Phi) is 8.89. The normalized spacial score (nSPS) is 13.2. The Morgan fingerprint density at radius 1 is 1.07 bits per heavy atom. The van der Waals surface area contributed by atoms with Crippen LogP contribution in [-0.2, 0) is 24.2 Å². The van der Waals surface area contributed by atoms with E-state index in [9.17, 15) is 13.2 Å². The number of fused-ring (bicyclic) bond motifs is 2. The highest BCUT2D eigenvalue weighted by Crippen LogP contribution is 2.31. The molecule has 0 radical (unpaired) electrons. The molecule has 0 spiro atoms. The number of halogens is 4. The molecule has 0 saturated heterocycles. The summed E-state index contributed by atoms with van der Waals surface area (Å²) in [5.41, 5.74) is 4.00. The third kappa shape index (κ3) is 7.10. The summed E-state index contributed by atoms with van der Waals surface area (Å²) in [6.45, 7) is 5.38. The number of imidazole rings is 1. The van der Waals surface area contributed by atoms with Crippen molar-refractivity contribution in [3.05, 3.63) is 82.6 Å². The van der Waals surface area contributed by atoms with Crippen molar-refractivity contribution in [1.29, 1.82) is 0 Å². The molecular weight excluding hydrogens is 631 g/mol. The molecule has 0 unspecified atom stereocenters. The van der Waals surface area contributed by atoms with Crippen LogP contribution in [0.1, 0.15) is 17.2 Å². The summed E-state index contributed by atoms with van der Waals surface area (Å²) in [5.74, 6) is -0.0656. The molecule has 0 aliphatic carbocycles. The van der Waals surface area contributed by atoms with Gasteiger partial charge in [0.2, 0.25) is 5.95 Å². The van der Waals surface area contributed by atoms with Crippen LogP contribution in [-0.4, -0.2) is 71.4 Å². The minimum absolute atomic E-state index is 0.609. The van der Waals surface area contributed by atoms with E-state index in [4.69, 9.17) is 19.9 Å². The van der Waals surface area contributed by atoms with Gasteiger partial charge in [0.25, 0.3) is 0 Å². The predicted octanol–water partition coefficient (Wildman–Crippen LogP) is 4.83. The molecule has 0 bridgehead atoms. The minimum atomic E-state index is -5.08. The van der Waals surface area contributed by atoms with Crippen LogP contribution in [0.3, 0.4) is 0 Å². The first kappa shape index (κ1) is 29.9. The fourth-order valence-corrected chi connectivity index (χ4v) is 5.09. The van der Waals surface area contributed by atoms with Crippen molar-refractivity contribution in [2.24, 2.45) is 0 Å². The number of hydrogen-bond donors (Lipinski definition) is 2. The molecule has 11 nitrogen and oxygen atoms in total. The number of benzene rings is 2. The van der Waals surface area contributed by atoms with Gasteiger partial charge in [0, 0.05) is 60.8 Å². The lowest BCUT2D eigenvalue weighted by atomic mass is 10.2. The molecule has 1 aliphatic rings. The molecule has 0 atom stereocenters. The van der Waals surface area contributed by atoms with Gasteiger partial charge < -0.3 is 19.9 Å².